The zero-order chi connectivity index (χ0) is 13.1. The molecule has 18 heavy (non-hydrogen) atoms. The maximum atomic E-state index is 11.7. The molecule has 5 nitrogen and oxygen atoms in total. The van der Waals surface area contributed by atoms with Crippen LogP contribution in [0.15, 0.2) is 18.2 Å². The van der Waals surface area contributed by atoms with Crippen LogP contribution in [0.5, 0.6) is 0 Å². The van der Waals surface area contributed by atoms with Crippen molar-refractivity contribution >= 4 is 22.6 Å². The molecule has 1 aromatic carbocycles. The van der Waals surface area contributed by atoms with Crippen molar-refractivity contribution < 1.29 is 4.79 Å². The second-order valence-electron chi connectivity index (χ2n) is 4.47. The number of H-pyrrole nitrogens is 1. The molecule has 2 aromatic rings. The molecule has 0 saturated heterocycles. The Balaban J connectivity index is 2.09. The first-order chi connectivity index (χ1) is 8.58. The van der Waals surface area contributed by atoms with Gasteiger partial charge in [-0.1, -0.05) is 6.92 Å². The summed E-state index contributed by atoms with van der Waals surface area (Å²) in [6.07, 6.45) is 1.14. The number of carbonyl (C=O) groups is 1. The first-order valence-electron chi connectivity index (χ1n) is 6.10. The van der Waals surface area contributed by atoms with Crippen LogP contribution >= 0.6 is 0 Å². The lowest BCUT2D eigenvalue weighted by atomic mass is 10.1. The lowest BCUT2D eigenvalue weighted by molar-refractivity contribution is -0.116. The lowest BCUT2D eigenvalue weighted by Crippen LogP contribution is -2.26. The number of nitrogens with two attached hydrogens (primary N) is 1. The Kier molecular flexibility index (Phi) is 3.62. The standard InChI is InChI=1S/C13H18N4O/c1-3-9(14)6-13(18)17-10-4-5-11-12(7-10)16-8(2)15-11/h4-5,7,9H,3,6,14H2,1-2H3,(H,15,16)(H,17,18). The van der Waals surface area contributed by atoms with Crippen LogP contribution < -0.4 is 11.1 Å². The molecule has 5 heteroatoms. The van der Waals surface area contributed by atoms with Gasteiger partial charge in [0.25, 0.3) is 0 Å². The van der Waals surface area contributed by atoms with E-state index in [1.165, 1.54) is 0 Å². The number of hydrogen-bond donors (Lipinski definition) is 3. The van der Waals surface area contributed by atoms with Gasteiger partial charge in [0.1, 0.15) is 5.82 Å². The third kappa shape index (κ3) is 2.87. The van der Waals surface area contributed by atoms with E-state index in [0.717, 1.165) is 29.0 Å². The number of nitrogens with zero attached hydrogens (tertiary/aromatic N) is 1. The van der Waals surface area contributed by atoms with Gasteiger partial charge in [-0.15, -0.1) is 0 Å². The molecule has 1 unspecified atom stereocenters. The number of hydrogen-bond acceptors (Lipinski definition) is 3. The fraction of sp³-hybridized carbons (Fsp3) is 0.385. The number of aromatic amines is 1. The maximum absolute atomic E-state index is 11.7. The van der Waals surface area contributed by atoms with Crippen LogP contribution in [0.25, 0.3) is 11.0 Å². The molecule has 0 radical (unpaired) electrons. The van der Waals surface area contributed by atoms with Crippen molar-refractivity contribution in [3.05, 3.63) is 24.0 Å². The molecule has 1 heterocycles. The largest absolute Gasteiger partial charge is 0.342 e. The second kappa shape index (κ2) is 5.18. The fourth-order valence-corrected chi connectivity index (χ4v) is 1.81. The van der Waals surface area contributed by atoms with Crippen molar-refractivity contribution in [3.8, 4) is 0 Å². The van der Waals surface area contributed by atoms with Crippen molar-refractivity contribution in [3.63, 3.8) is 0 Å². The number of carbonyl (C=O) groups excluding carboxylic acids is 1. The highest BCUT2D eigenvalue weighted by atomic mass is 16.1. The van der Waals surface area contributed by atoms with E-state index in [0.29, 0.717) is 6.42 Å². The average Bonchev–Trinajstić information content (AvgIpc) is 2.68. The number of fused-ring (bicyclic) bond motifs is 1. The number of aromatic nitrogens is 2. The number of rotatable bonds is 4. The smallest absolute Gasteiger partial charge is 0.225 e. The molecule has 0 aliphatic carbocycles. The van der Waals surface area contributed by atoms with E-state index >= 15 is 0 Å². The summed E-state index contributed by atoms with van der Waals surface area (Å²) in [7, 11) is 0. The Labute approximate surface area is 106 Å². The van der Waals surface area contributed by atoms with Gasteiger partial charge in [-0.25, -0.2) is 4.98 Å². The minimum absolute atomic E-state index is 0.0556. The molecule has 1 amide bonds. The molecular weight excluding hydrogens is 228 g/mol. The van der Waals surface area contributed by atoms with Crippen molar-refractivity contribution in [1.29, 1.82) is 0 Å². The third-order valence-corrected chi connectivity index (χ3v) is 2.86. The van der Waals surface area contributed by atoms with E-state index in [1.54, 1.807) is 0 Å². The van der Waals surface area contributed by atoms with Crippen molar-refractivity contribution in [1.82, 2.24) is 9.97 Å². The normalized spacial score (nSPS) is 12.6. The Morgan fingerprint density at radius 3 is 3.06 bits per heavy atom. The van der Waals surface area contributed by atoms with E-state index in [4.69, 9.17) is 5.73 Å². The number of imidazole rings is 1. The Hall–Kier alpha value is -1.88. The number of aryl methyl sites for hydroxylation is 1. The third-order valence-electron chi connectivity index (χ3n) is 2.86. The number of anilines is 1. The van der Waals surface area contributed by atoms with Gasteiger partial charge in [-0.2, -0.15) is 0 Å². The highest BCUT2D eigenvalue weighted by Gasteiger charge is 2.08. The van der Waals surface area contributed by atoms with E-state index in [1.807, 2.05) is 32.0 Å². The van der Waals surface area contributed by atoms with Crippen LogP contribution in [0, 0.1) is 6.92 Å². The molecule has 1 atom stereocenters. The zero-order valence-electron chi connectivity index (χ0n) is 10.7. The highest BCUT2D eigenvalue weighted by molar-refractivity contribution is 5.93. The van der Waals surface area contributed by atoms with Gasteiger partial charge in [0, 0.05) is 18.2 Å². The van der Waals surface area contributed by atoms with Crippen molar-refractivity contribution in [2.45, 2.75) is 32.7 Å². The van der Waals surface area contributed by atoms with Crippen LogP contribution in [-0.4, -0.2) is 21.9 Å². The maximum Gasteiger partial charge on any atom is 0.225 e. The molecular formula is C13H18N4O. The molecule has 0 saturated carbocycles. The summed E-state index contributed by atoms with van der Waals surface area (Å²) in [5.41, 5.74) is 8.33. The monoisotopic (exact) mass is 246 g/mol. The molecule has 2 rings (SSSR count). The van der Waals surface area contributed by atoms with E-state index in [9.17, 15) is 4.79 Å². The second-order valence-corrected chi connectivity index (χ2v) is 4.47. The molecule has 0 spiro atoms. The summed E-state index contributed by atoms with van der Waals surface area (Å²) in [4.78, 5) is 19.1. The van der Waals surface area contributed by atoms with Gasteiger partial charge in [0.15, 0.2) is 0 Å². The topological polar surface area (TPSA) is 83.8 Å². The van der Waals surface area contributed by atoms with Gasteiger partial charge < -0.3 is 16.0 Å². The first kappa shape index (κ1) is 12.6. The minimum Gasteiger partial charge on any atom is -0.342 e. The van der Waals surface area contributed by atoms with E-state index in [-0.39, 0.29) is 11.9 Å². The summed E-state index contributed by atoms with van der Waals surface area (Å²) in [5, 5.41) is 2.84. The Morgan fingerprint density at radius 1 is 1.56 bits per heavy atom. The van der Waals surface area contributed by atoms with Gasteiger partial charge in [-0.05, 0) is 31.5 Å². The highest BCUT2D eigenvalue weighted by Crippen LogP contribution is 2.17. The predicted octanol–water partition coefficient (Wildman–Crippen LogP) is 1.94. The first-order valence-corrected chi connectivity index (χ1v) is 6.10. The molecule has 0 aliphatic heterocycles. The van der Waals surface area contributed by atoms with Crippen LogP contribution in [0.3, 0.4) is 0 Å². The molecule has 0 fully saturated rings. The van der Waals surface area contributed by atoms with E-state index < -0.39 is 0 Å². The number of benzene rings is 1. The van der Waals surface area contributed by atoms with Gasteiger partial charge in [0.05, 0.1) is 11.0 Å². The van der Waals surface area contributed by atoms with Crippen molar-refractivity contribution in [2.24, 2.45) is 5.73 Å². The predicted molar refractivity (Wildman–Crippen MR) is 72.3 cm³/mol. The van der Waals surface area contributed by atoms with Crippen LogP contribution in [0.4, 0.5) is 5.69 Å². The molecule has 4 N–H and O–H groups in total. The van der Waals surface area contributed by atoms with Crippen molar-refractivity contribution in [2.75, 3.05) is 5.32 Å². The summed E-state index contributed by atoms with van der Waals surface area (Å²) >= 11 is 0. The zero-order valence-corrected chi connectivity index (χ0v) is 10.7. The van der Waals surface area contributed by atoms with Gasteiger partial charge in [0.2, 0.25) is 5.91 Å². The number of nitrogens with one attached hydrogen (secondary N) is 2. The van der Waals surface area contributed by atoms with Crippen LogP contribution in [0.2, 0.25) is 0 Å². The Morgan fingerprint density at radius 2 is 2.33 bits per heavy atom. The molecule has 0 aliphatic rings. The van der Waals surface area contributed by atoms with E-state index in [2.05, 4.69) is 15.3 Å². The minimum atomic E-state index is -0.0804. The fourth-order valence-electron chi connectivity index (χ4n) is 1.81. The van der Waals surface area contributed by atoms with Crippen LogP contribution in [-0.2, 0) is 4.79 Å². The summed E-state index contributed by atoms with van der Waals surface area (Å²) in [5.74, 6) is 0.807. The molecule has 0 bridgehead atoms. The molecule has 1 aromatic heterocycles. The SMILES string of the molecule is CCC(N)CC(=O)Nc1ccc2nc(C)[nH]c2c1. The van der Waals surface area contributed by atoms with Gasteiger partial charge >= 0.3 is 0 Å². The van der Waals surface area contributed by atoms with Gasteiger partial charge in [-0.3, -0.25) is 4.79 Å². The lowest BCUT2D eigenvalue weighted by Gasteiger charge is -2.09. The molecule has 96 valence electrons. The summed E-state index contributed by atoms with van der Waals surface area (Å²) in [6, 6.07) is 5.53. The average molecular weight is 246 g/mol. The summed E-state index contributed by atoms with van der Waals surface area (Å²) in [6.45, 7) is 3.87. The quantitative estimate of drug-likeness (QED) is 0.770. The Bertz CT molecular complexity index is 561. The number of amides is 1. The summed E-state index contributed by atoms with van der Waals surface area (Å²) < 4.78 is 0. The van der Waals surface area contributed by atoms with Crippen LogP contribution in [0.1, 0.15) is 25.6 Å².